The van der Waals surface area contributed by atoms with E-state index < -0.39 is 6.09 Å². The molecule has 1 aliphatic heterocycles. The highest BCUT2D eigenvalue weighted by molar-refractivity contribution is 5.65. The maximum absolute atomic E-state index is 10.9. The number of hydrogen-bond donors (Lipinski definition) is 2. The minimum Gasteiger partial charge on any atom is -0.486 e. The van der Waals surface area contributed by atoms with Crippen molar-refractivity contribution in [3.8, 4) is 5.75 Å². The summed E-state index contributed by atoms with van der Waals surface area (Å²) in [6, 6.07) is 7.04. The van der Waals surface area contributed by atoms with Gasteiger partial charge in [0.1, 0.15) is 18.0 Å². The Hall–Kier alpha value is -1.95. The third kappa shape index (κ3) is 2.65. The summed E-state index contributed by atoms with van der Waals surface area (Å²) >= 11 is 0. The molecule has 0 aromatic heterocycles. The van der Waals surface area contributed by atoms with Crippen molar-refractivity contribution < 1.29 is 19.4 Å². The van der Waals surface area contributed by atoms with Gasteiger partial charge in [-0.15, -0.1) is 0 Å². The fraction of sp³-hybridized carbons (Fsp3) is 0.417. The Kier molecular flexibility index (Phi) is 3.57. The third-order valence-electron chi connectivity index (χ3n) is 2.93. The molecule has 2 atom stereocenters. The number of benzene rings is 1. The molecule has 1 saturated heterocycles. The van der Waals surface area contributed by atoms with Crippen molar-refractivity contribution in [2.24, 2.45) is 0 Å². The molecular formula is C12H16N2O4. The van der Waals surface area contributed by atoms with Crippen LogP contribution in [0, 0.1) is 0 Å². The van der Waals surface area contributed by atoms with Gasteiger partial charge < -0.3 is 25.2 Å². The Labute approximate surface area is 105 Å². The van der Waals surface area contributed by atoms with Crippen LogP contribution >= 0.6 is 0 Å². The largest absolute Gasteiger partial charge is 0.486 e. The molecule has 1 aromatic rings. The van der Waals surface area contributed by atoms with E-state index in [1.807, 2.05) is 0 Å². The lowest BCUT2D eigenvalue weighted by atomic mass is 10.2. The second-order valence-electron chi connectivity index (χ2n) is 4.19. The molecule has 0 radical (unpaired) electrons. The van der Waals surface area contributed by atoms with Crippen LogP contribution < -0.4 is 10.5 Å². The lowest BCUT2D eigenvalue weighted by molar-refractivity contribution is 0.0341. The molecule has 2 rings (SSSR count). The van der Waals surface area contributed by atoms with E-state index in [0.29, 0.717) is 24.5 Å². The van der Waals surface area contributed by atoms with Gasteiger partial charge in [-0.3, -0.25) is 0 Å². The van der Waals surface area contributed by atoms with Crippen LogP contribution in [0.25, 0.3) is 0 Å². The van der Waals surface area contributed by atoms with Crippen LogP contribution in [0.4, 0.5) is 10.5 Å². The van der Waals surface area contributed by atoms with Crippen LogP contribution in [0.1, 0.15) is 0 Å². The van der Waals surface area contributed by atoms with E-state index in [-0.39, 0.29) is 12.2 Å². The van der Waals surface area contributed by atoms with E-state index in [1.165, 1.54) is 4.90 Å². The Balaban J connectivity index is 2.06. The molecule has 1 amide bonds. The van der Waals surface area contributed by atoms with Crippen molar-refractivity contribution in [2.75, 3.05) is 25.9 Å². The third-order valence-corrected chi connectivity index (χ3v) is 2.93. The van der Waals surface area contributed by atoms with Crippen molar-refractivity contribution >= 4 is 11.8 Å². The first kappa shape index (κ1) is 12.5. The maximum atomic E-state index is 10.9. The van der Waals surface area contributed by atoms with Gasteiger partial charge in [0.15, 0.2) is 0 Å². The number of rotatable bonds is 3. The van der Waals surface area contributed by atoms with Gasteiger partial charge in [0, 0.05) is 18.9 Å². The fourth-order valence-corrected chi connectivity index (χ4v) is 2.00. The summed E-state index contributed by atoms with van der Waals surface area (Å²) in [5.74, 6) is 0.620. The minimum atomic E-state index is -0.962. The summed E-state index contributed by atoms with van der Waals surface area (Å²) in [6.07, 6.45) is -1.54. The molecule has 0 aliphatic carbocycles. The first-order chi connectivity index (χ1) is 8.60. The quantitative estimate of drug-likeness (QED) is 0.785. The monoisotopic (exact) mass is 252 g/mol. The van der Waals surface area contributed by atoms with E-state index in [2.05, 4.69) is 0 Å². The molecule has 6 nitrogen and oxygen atoms in total. The average molecular weight is 252 g/mol. The molecular weight excluding hydrogens is 236 g/mol. The van der Waals surface area contributed by atoms with Crippen molar-refractivity contribution in [2.45, 2.75) is 12.2 Å². The van der Waals surface area contributed by atoms with Gasteiger partial charge in [-0.1, -0.05) is 6.07 Å². The van der Waals surface area contributed by atoms with Gasteiger partial charge in [-0.05, 0) is 12.1 Å². The normalized spacial score (nSPS) is 23.1. The first-order valence-electron chi connectivity index (χ1n) is 5.63. The zero-order chi connectivity index (χ0) is 13.1. The fourth-order valence-electron chi connectivity index (χ4n) is 2.00. The molecule has 18 heavy (non-hydrogen) atoms. The summed E-state index contributed by atoms with van der Waals surface area (Å²) < 4.78 is 11.0. The Morgan fingerprint density at radius 3 is 2.78 bits per heavy atom. The van der Waals surface area contributed by atoms with Crippen molar-refractivity contribution in [1.29, 1.82) is 0 Å². The summed E-state index contributed by atoms with van der Waals surface area (Å²) in [6.45, 7) is 0.613. The van der Waals surface area contributed by atoms with Gasteiger partial charge in [-0.25, -0.2) is 4.79 Å². The van der Waals surface area contributed by atoms with Gasteiger partial charge in [0.05, 0.1) is 13.1 Å². The molecule has 1 aliphatic rings. The van der Waals surface area contributed by atoms with E-state index in [1.54, 1.807) is 31.4 Å². The number of anilines is 1. The van der Waals surface area contributed by atoms with Crippen molar-refractivity contribution in [1.82, 2.24) is 4.90 Å². The summed E-state index contributed by atoms with van der Waals surface area (Å²) in [7, 11) is 1.55. The predicted octanol–water partition coefficient (Wildman–Crippen LogP) is 1.02. The predicted molar refractivity (Wildman–Crippen MR) is 65.7 cm³/mol. The van der Waals surface area contributed by atoms with Gasteiger partial charge in [0.25, 0.3) is 0 Å². The molecule has 3 N–H and O–H groups in total. The van der Waals surface area contributed by atoms with E-state index in [0.717, 1.165) is 0 Å². The van der Waals surface area contributed by atoms with Gasteiger partial charge in [0.2, 0.25) is 0 Å². The lowest BCUT2D eigenvalue weighted by Crippen LogP contribution is -2.31. The standard InChI is InChI=1S/C12H16N2O4/c1-17-10-6-14(12(15)16)7-11(10)18-9-4-2-3-8(13)5-9/h2-5,10-11H,6-7,13H2,1H3,(H,15,16)/t10-,11-/m1/s1. The smallest absolute Gasteiger partial charge is 0.407 e. The summed E-state index contributed by atoms with van der Waals surface area (Å²) in [5, 5.41) is 8.95. The van der Waals surface area contributed by atoms with Crippen LogP contribution in [-0.2, 0) is 4.74 Å². The van der Waals surface area contributed by atoms with Crippen LogP contribution in [0.5, 0.6) is 5.75 Å². The average Bonchev–Trinajstić information content (AvgIpc) is 2.72. The van der Waals surface area contributed by atoms with Crippen LogP contribution in [0.3, 0.4) is 0 Å². The number of nitrogens with two attached hydrogens (primary N) is 1. The van der Waals surface area contributed by atoms with Crippen LogP contribution in [0.2, 0.25) is 0 Å². The van der Waals surface area contributed by atoms with E-state index in [9.17, 15) is 4.79 Å². The van der Waals surface area contributed by atoms with Crippen molar-refractivity contribution in [3.05, 3.63) is 24.3 Å². The van der Waals surface area contributed by atoms with E-state index in [4.69, 9.17) is 20.3 Å². The number of likely N-dealkylation sites (tertiary alicyclic amines) is 1. The topological polar surface area (TPSA) is 85.0 Å². The molecule has 98 valence electrons. The van der Waals surface area contributed by atoms with Crippen molar-refractivity contribution in [3.63, 3.8) is 0 Å². The highest BCUT2D eigenvalue weighted by Gasteiger charge is 2.37. The zero-order valence-electron chi connectivity index (χ0n) is 10.1. The van der Waals surface area contributed by atoms with Crippen LogP contribution in [-0.4, -0.2) is 48.5 Å². The number of nitrogen functional groups attached to an aromatic ring is 1. The maximum Gasteiger partial charge on any atom is 0.407 e. The Morgan fingerprint density at radius 2 is 2.17 bits per heavy atom. The molecule has 0 unspecified atom stereocenters. The van der Waals surface area contributed by atoms with Gasteiger partial charge >= 0.3 is 6.09 Å². The first-order valence-corrected chi connectivity index (χ1v) is 5.63. The number of hydrogen-bond acceptors (Lipinski definition) is 4. The highest BCUT2D eigenvalue weighted by Crippen LogP contribution is 2.22. The molecule has 1 heterocycles. The Bertz CT molecular complexity index is 438. The van der Waals surface area contributed by atoms with Gasteiger partial charge in [-0.2, -0.15) is 0 Å². The molecule has 0 spiro atoms. The summed E-state index contributed by atoms with van der Waals surface area (Å²) in [4.78, 5) is 12.2. The second kappa shape index (κ2) is 5.14. The molecule has 1 fully saturated rings. The SMILES string of the molecule is CO[C@@H]1CN(C(=O)O)C[C@H]1Oc1cccc(N)c1. The molecule has 1 aromatic carbocycles. The Morgan fingerprint density at radius 1 is 1.44 bits per heavy atom. The van der Waals surface area contributed by atoms with Crippen LogP contribution in [0.15, 0.2) is 24.3 Å². The highest BCUT2D eigenvalue weighted by atomic mass is 16.5. The number of amides is 1. The number of carboxylic acid groups (broad SMARTS) is 1. The lowest BCUT2D eigenvalue weighted by Gasteiger charge is -2.18. The van der Waals surface area contributed by atoms with E-state index >= 15 is 0 Å². The second-order valence-corrected chi connectivity index (χ2v) is 4.19. The minimum absolute atomic E-state index is 0.262. The molecule has 0 bridgehead atoms. The number of ether oxygens (including phenoxy) is 2. The molecule has 0 saturated carbocycles. The zero-order valence-corrected chi connectivity index (χ0v) is 10.1. The number of nitrogens with zero attached hydrogens (tertiary/aromatic N) is 1. The number of methoxy groups -OCH3 is 1. The molecule has 6 heteroatoms. The summed E-state index contributed by atoms with van der Waals surface area (Å²) in [5.41, 5.74) is 6.27. The number of carbonyl (C=O) groups is 1.